The van der Waals surface area contributed by atoms with Gasteiger partial charge in [-0.3, -0.25) is 0 Å². The minimum absolute atomic E-state index is 0.198. The van der Waals surface area contributed by atoms with Crippen LogP contribution in [0.1, 0.15) is 39.3 Å². The molecule has 1 unspecified atom stereocenters. The standard InChI is InChI=1S/C15H23F3N2/c1-5-19-12(4)13-6-8-14(9-7-13)20(11(2)3)10-15(16,17)18/h6-9,11-12,19H,5,10H2,1-4H3. The number of nitrogens with zero attached hydrogens (tertiary/aromatic N) is 1. The van der Waals surface area contributed by atoms with E-state index in [1.165, 1.54) is 4.90 Å². The zero-order valence-corrected chi connectivity index (χ0v) is 12.5. The molecule has 1 atom stereocenters. The fraction of sp³-hybridized carbons (Fsp3) is 0.600. The van der Waals surface area contributed by atoms with Crippen molar-refractivity contribution < 1.29 is 13.2 Å². The van der Waals surface area contributed by atoms with Crippen molar-refractivity contribution in [3.05, 3.63) is 29.8 Å². The monoisotopic (exact) mass is 288 g/mol. The van der Waals surface area contributed by atoms with E-state index in [1.54, 1.807) is 26.0 Å². The molecule has 2 nitrogen and oxygen atoms in total. The van der Waals surface area contributed by atoms with Crippen LogP contribution in [0.15, 0.2) is 24.3 Å². The number of hydrogen-bond donors (Lipinski definition) is 1. The van der Waals surface area contributed by atoms with E-state index < -0.39 is 12.7 Å². The number of halogens is 3. The first-order valence-corrected chi connectivity index (χ1v) is 6.91. The van der Waals surface area contributed by atoms with Crippen molar-refractivity contribution in [1.29, 1.82) is 0 Å². The third-order valence-electron chi connectivity index (χ3n) is 3.21. The highest BCUT2D eigenvalue weighted by Crippen LogP contribution is 2.25. The smallest absolute Gasteiger partial charge is 0.360 e. The highest BCUT2D eigenvalue weighted by molar-refractivity contribution is 5.49. The minimum atomic E-state index is -4.19. The van der Waals surface area contributed by atoms with Gasteiger partial charge in [0.2, 0.25) is 0 Å². The molecule has 0 heterocycles. The number of rotatable bonds is 6. The van der Waals surface area contributed by atoms with Crippen molar-refractivity contribution >= 4 is 5.69 Å². The highest BCUT2D eigenvalue weighted by Gasteiger charge is 2.32. The fourth-order valence-electron chi connectivity index (χ4n) is 2.14. The molecule has 0 aliphatic heterocycles. The van der Waals surface area contributed by atoms with Gasteiger partial charge in [0, 0.05) is 17.8 Å². The van der Waals surface area contributed by atoms with Crippen molar-refractivity contribution in [2.45, 2.75) is 46.0 Å². The van der Waals surface area contributed by atoms with Gasteiger partial charge in [0.05, 0.1) is 0 Å². The highest BCUT2D eigenvalue weighted by atomic mass is 19.4. The Morgan fingerprint density at radius 1 is 1.10 bits per heavy atom. The Morgan fingerprint density at radius 2 is 1.65 bits per heavy atom. The van der Waals surface area contributed by atoms with Crippen molar-refractivity contribution in [2.75, 3.05) is 18.0 Å². The molecule has 0 aliphatic rings. The molecule has 1 rings (SSSR count). The van der Waals surface area contributed by atoms with Gasteiger partial charge < -0.3 is 10.2 Å². The van der Waals surface area contributed by atoms with Gasteiger partial charge in [-0.25, -0.2) is 0 Å². The molecular formula is C15H23F3N2. The number of nitrogens with one attached hydrogen (secondary N) is 1. The number of benzene rings is 1. The molecule has 1 aromatic rings. The van der Waals surface area contributed by atoms with E-state index in [0.717, 1.165) is 12.1 Å². The molecule has 0 aliphatic carbocycles. The maximum absolute atomic E-state index is 12.6. The first kappa shape index (κ1) is 16.8. The molecule has 0 saturated heterocycles. The molecule has 20 heavy (non-hydrogen) atoms. The van der Waals surface area contributed by atoms with Crippen molar-refractivity contribution in [1.82, 2.24) is 5.32 Å². The van der Waals surface area contributed by atoms with Gasteiger partial charge >= 0.3 is 6.18 Å². The summed E-state index contributed by atoms with van der Waals surface area (Å²) in [5, 5.41) is 3.28. The van der Waals surface area contributed by atoms with Gasteiger partial charge in [0.25, 0.3) is 0 Å². The molecule has 114 valence electrons. The Kier molecular flexibility index (Phi) is 5.87. The number of alkyl halides is 3. The second-order valence-corrected chi connectivity index (χ2v) is 5.21. The van der Waals surface area contributed by atoms with E-state index in [1.807, 2.05) is 26.0 Å². The lowest BCUT2D eigenvalue weighted by molar-refractivity contribution is -0.120. The molecule has 1 N–H and O–H groups in total. The van der Waals surface area contributed by atoms with Crippen LogP contribution < -0.4 is 10.2 Å². The fourth-order valence-corrected chi connectivity index (χ4v) is 2.14. The molecule has 0 saturated carbocycles. The van der Waals surface area contributed by atoms with Crippen molar-refractivity contribution in [2.24, 2.45) is 0 Å². The van der Waals surface area contributed by atoms with Crippen LogP contribution in [0.2, 0.25) is 0 Å². The average molecular weight is 288 g/mol. The molecule has 0 aromatic heterocycles. The van der Waals surface area contributed by atoms with Crippen LogP contribution in [-0.2, 0) is 0 Å². The Hall–Kier alpha value is -1.23. The largest absolute Gasteiger partial charge is 0.405 e. The Balaban J connectivity index is 2.88. The topological polar surface area (TPSA) is 15.3 Å². The van der Waals surface area contributed by atoms with E-state index in [-0.39, 0.29) is 12.1 Å². The Morgan fingerprint density at radius 3 is 2.05 bits per heavy atom. The zero-order chi connectivity index (χ0) is 15.3. The van der Waals surface area contributed by atoms with Gasteiger partial charge in [-0.05, 0) is 45.0 Å². The van der Waals surface area contributed by atoms with Crippen LogP contribution in [-0.4, -0.2) is 25.3 Å². The molecule has 0 radical (unpaired) electrons. The minimum Gasteiger partial charge on any atom is -0.360 e. The number of hydrogen-bond acceptors (Lipinski definition) is 2. The van der Waals surface area contributed by atoms with Crippen LogP contribution in [0.4, 0.5) is 18.9 Å². The van der Waals surface area contributed by atoms with E-state index >= 15 is 0 Å². The second kappa shape index (κ2) is 6.97. The summed E-state index contributed by atoms with van der Waals surface area (Å²) in [6.45, 7) is 7.52. The number of anilines is 1. The lowest BCUT2D eigenvalue weighted by atomic mass is 10.1. The van der Waals surface area contributed by atoms with Crippen LogP contribution in [0.25, 0.3) is 0 Å². The summed E-state index contributed by atoms with van der Waals surface area (Å²) >= 11 is 0. The summed E-state index contributed by atoms with van der Waals surface area (Å²) in [5.74, 6) is 0. The van der Waals surface area contributed by atoms with Crippen LogP contribution in [0.5, 0.6) is 0 Å². The van der Waals surface area contributed by atoms with Crippen LogP contribution in [0, 0.1) is 0 Å². The predicted molar refractivity (Wildman–Crippen MR) is 77.1 cm³/mol. The molecule has 0 bridgehead atoms. The summed E-state index contributed by atoms with van der Waals surface area (Å²) in [5.41, 5.74) is 1.68. The van der Waals surface area contributed by atoms with Crippen LogP contribution >= 0.6 is 0 Å². The van der Waals surface area contributed by atoms with Gasteiger partial charge in [-0.1, -0.05) is 19.1 Å². The first-order valence-electron chi connectivity index (χ1n) is 6.91. The van der Waals surface area contributed by atoms with E-state index in [2.05, 4.69) is 5.32 Å². The first-order chi connectivity index (χ1) is 9.24. The van der Waals surface area contributed by atoms with E-state index in [9.17, 15) is 13.2 Å². The molecule has 0 fully saturated rings. The van der Waals surface area contributed by atoms with Crippen LogP contribution in [0.3, 0.4) is 0 Å². The normalized spacial score (nSPS) is 13.6. The van der Waals surface area contributed by atoms with Crippen molar-refractivity contribution in [3.8, 4) is 0 Å². The molecule has 0 amide bonds. The molecule has 0 spiro atoms. The summed E-state index contributed by atoms with van der Waals surface area (Å²) in [7, 11) is 0. The Labute approximate surface area is 119 Å². The molecule has 1 aromatic carbocycles. The quantitative estimate of drug-likeness (QED) is 0.846. The SMILES string of the molecule is CCNC(C)c1ccc(N(CC(F)(F)F)C(C)C)cc1. The lowest BCUT2D eigenvalue weighted by Gasteiger charge is -2.30. The summed E-state index contributed by atoms with van der Waals surface area (Å²) in [4.78, 5) is 1.36. The Bertz CT molecular complexity index is 399. The predicted octanol–water partition coefficient (Wildman–Crippen LogP) is 4.13. The zero-order valence-electron chi connectivity index (χ0n) is 12.5. The molecule has 5 heteroatoms. The van der Waals surface area contributed by atoms with Gasteiger partial charge in [-0.15, -0.1) is 0 Å². The maximum atomic E-state index is 12.6. The summed E-state index contributed by atoms with van der Waals surface area (Å²) in [6, 6.07) is 7.28. The van der Waals surface area contributed by atoms with Gasteiger partial charge in [-0.2, -0.15) is 13.2 Å². The van der Waals surface area contributed by atoms with Crippen molar-refractivity contribution in [3.63, 3.8) is 0 Å². The molecular weight excluding hydrogens is 265 g/mol. The average Bonchev–Trinajstić information content (AvgIpc) is 2.35. The van der Waals surface area contributed by atoms with E-state index in [0.29, 0.717) is 5.69 Å². The van der Waals surface area contributed by atoms with E-state index in [4.69, 9.17) is 0 Å². The summed E-state index contributed by atoms with van der Waals surface area (Å²) < 4.78 is 37.8. The van der Waals surface area contributed by atoms with Gasteiger partial charge in [0.1, 0.15) is 6.54 Å². The third kappa shape index (κ3) is 5.04. The summed E-state index contributed by atoms with van der Waals surface area (Å²) in [6.07, 6.45) is -4.19. The van der Waals surface area contributed by atoms with Gasteiger partial charge in [0.15, 0.2) is 0 Å². The lowest BCUT2D eigenvalue weighted by Crippen LogP contribution is -2.39. The third-order valence-corrected chi connectivity index (χ3v) is 3.21. The second-order valence-electron chi connectivity index (χ2n) is 5.21. The maximum Gasteiger partial charge on any atom is 0.405 e.